The van der Waals surface area contributed by atoms with Crippen LogP contribution in [0.2, 0.25) is 0 Å². The second kappa shape index (κ2) is 7.57. The summed E-state index contributed by atoms with van der Waals surface area (Å²) in [6.07, 6.45) is 1.88. The molecule has 128 valence electrons. The van der Waals surface area contributed by atoms with Crippen LogP contribution in [0.15, 0.2) is 58.4 Å². The second-order valence-corrected chi connectivity index (χ2v) is 6.83. The third kappa shape index (κ3) is 4.12. The van der Waals surface area contributed by atoms with E-state index < -0.39 is 0 Å². The van der Waals surface area contributed by atoms with Gasteiger partial charge in [-0.1, -0.05) is 42.0 Å². The number of ether oxygens (including phenoxy) is 1. The van der Waals surface area contributed by atoms with Gasteiger partial charge in [0.15, 0.2) is 5.17 Å². The van der Waals surface area contributed by atoms with E-state index in [9.17, 15) is 4.79 Å². The number of hydrogen-bond donors (Lipinski definition) is 0. The van der Waals surface area contributed by atoms with E-state index in [1.54, 1.807) is 19.0 Å². The summed E-state index contributed by atoms with van der Waals surface area (Å²) in [5, 5.41) is 0.717. The molecular weight excluding hydrogens is 332 g/mol. The van der Waals surface area contributed by atoms with Crippen LogP contribution < -0.4 is 4.74 Å². The van der Waals surface area contributed by atoms with Crippen LogP contribution in [0.5, 0.6) is 5.75 Å². The van der Waals surface area contributed by atoms with Crippen LogP contribution in [-0.4, -0.2) is 30.1 Å². The Morgan fingerprint density at radius 2 is 1.80 bits per heavy atom. The Hall–Kier alpha value is -2.53. The van der Waals surface area contributed by atoms with Crippen molar-refractivity contribution in [1.82, 2.24) is 4.90 Å². The average molecular weight is 352 g/mol. The Morgan fingerprint density at radius 1 is 1.12 bits per heavy atom. The number of hydrogen-bond acceptors (Lipinski definition) is 4. The zero-order valence-electron chi connectivity index (χ0n) is 14.5. The third-order valence-electron chi connectivity index (χ3n) is 3.90. The van der Waals surface area contributed by atoms with Crippen LogP contribution in [0.3, 0.4) is 0 Å². The molecule has 0 aliphatic carbocycles. The highest BCUT2D eigenvalue weighted by Crippen LogP contribution is 2.31. The molecule has 3 rings (SSSR count). The van der Waals surface area contributed by atoms with E-state index in [1.807, 2.05) is 30.3 Å². The Labute approximate surface area is 152 Å². The van der Waals surface area contributed by atoms with Gasteiger partial charge in [0, 0.05) is 14.1 Å². The lowest BCUT2D eigenvalue weighted by Crippen LogP contribution is -2.23. The maximum atomic E-state index is 12.2. The number of aliphatic imine (C=N–C) groups is 1. The minimum atomic E-state index is -0.0229. The largest absolute Gasteiger partial charge is 0.489 e. The van der Waals surface area contributed by atoms with Gasteiger partial charge < -0.3 is 4.74 Å². The number of carbonyl (C=O) groups excluding carboxylic acids is 1. The molecule has 5 heteroatoms. The number of thioether (sulfide) groups is 1. The first-order chi connectivity index (χ1) is 12.1. The number of amides is 1. The van der Waals surface area contributed by atoms with Crippen LogP contribution in [0.25, 0.3) is 6.08 Å². The van der Waals surface area contributed by atoms with E-state index in [0.717, 1.165) is 16.9 Å². The van der Waals surface area contributed by atoms with Gasteiger partial charge in [0.05, 0.1) is 4.91 Å². The molecule has 0 bridgehead atoms. The van der Waals surface area contributed by atoms with Gasteiger partial charge in [0.2, 0.25) is 0 Å². The molecule has 0 spiro atoms. The highest BCUT2D eigenvalue weighted by Gasteiger charge is 2.29. The Morgan fingerprint density at radius 3 is 2.40 bits per heavy atom. The molecule has 0 atom stereocenters. The smallest absolute Gasteiger partial charge is 0.266 e. The fraction of sp³-hybridized carbons (Fsp3) is 0.200. The lowest BCUT2D eigenvalue weighted by atomic mass is 10.1. The standard InChI is InChI=1S/C20H20N2O2S/c1-14-4-6-16(7-5-14)13-24-17-10-8-15(9-11-17)12-18-19(23)22(3)20(21-2)25-18/h4-12H,13H2,1-3H3/b18-12+,21-20?. The molecule has 0 aromatic heterocycles. The van der Waals surface area contributed by atoms with Crippen molar-refractivity contribution < 1.29 is 9.53 Å². The average Bonchev–Trinajstić information content (AvgIpc) is 2.90. The summed E-state index contributed by atoms with van der Waals surface area (Å²) in [5.74, 6) is 0.784. The van der Waals surface area contributed by atoms with Gasteiger partial charge in [-0.2, -0.15) is 0 Å². The Kier molecular flexibility index (Phi) is 5.24. The second-order valence-electron chi connectivity index (χ2n) is 5.82. The number of nitrogens with zero attached hydrogens (tertiary/aromatic N) is 2. The van der Waals surface area contributed by atoms with Crippen molar-refractivity contribution in [3.8, 4) is 5.75 Å². The summed E-state index contributed by atoms with van der Waals surface area (Å²) in [7, 11) is 3.43. The van der Waals surface area contributed by atoms with Gasteiger partial charge in [0.25, 0.3) is 5.91 Å². The lowest BCUT2D eigenvalue weighted by Gasteiger charge is -2.07. The zero-order valence-corrected chi connectivity index (χ0v) is 15.3. The molecule has 1 heterocycles. The summed E-state index contributed by atoms with van der Waals surface area (Å²) in [6.45, 7) is 2.61. The third-order valence-corrected chi connectivity index (χ3v) is 5.05. The number of likely N-dealkylation sites (N-methyl/N-ethyl adjacent to an activating group) is 1. The van der Waals surface area contributed by atoms with Crippen LogP contribution in [-0.2, 0) is 11.4 Å². The van der Waals surface area contributed by atoms with E-state index in [-0.39, 0.29) is 5.91 Å². The molecular formula is C20H20N2O2S. The topological polar surface area (TPSA) is 41.9 Å². The lowest BCUT2D eigenvalue weighted by molar-refractivity contribution is -0.121. The molecule has 0 radical (unpaired) electrons. The van der Waals surface area contributed by atoms with Gasteiger partial charge >= 0.3 is 0 Å². The predicted octanol–water partition coefficient (Wildman–Crippen LogP) is 4.11. The maximum Gasteiger partial charge on any atom is 0.266 e. The number of rotatable bonds is 4. The summed E-state index contributed by atoms with van der Waals surface area (Å²) in [5.41, 5.74) is 3.34. The van der Waals surface area contributed by atoms with Gasteiger partial charge in [0.1, 0.15) is 12.4 Å². The quantitative estimate of drug-likeness (QED) is 0.778. The fourth-order valence-corrected chi connectivity index (χ4v) is 3.34. The summed E-state index contributed by atoms with van der Waals surface area (Å²) in [4.78, 5) is 18.5. The molecule has 1 fully saturated rings. The van der Waals surface area contributed by atoms with Gasteiger partial charge in [-0.05, 0) is 48.0 Å². The van der Waals surface area contributed by atoms with E-state index in [0.29, 0.717) is 16.7 Å². The van der Waals surface area contributed by atoms with E-state index >= 15 is 0 Å². The van der Waals surface area contributed by atoms with Crippen molar-refractivity contribution in [2.45, 2.75) is 13.5 Å². The summed E-state index contributed by atoms with van der Waals surface area (Å²) < 4.78 is 5.81. The predicted molar refractivity (Wildman–Crippen MR) is 104 cm³/mol. The molecule has 1 aliphatic rings. The van der Waals surface area contributed by atoms with Gasteiger partial charge in [-0.25, -0.2) is 0 Å². The molecule has 2 aromatic carbocycles. The highest BCUT2D eigenvalue weighted by molar-refractivity contribution is 8.18. The minimum Gasteiger partial charge on any atom is -0.489 e. The van der Waals surface area contributed by atoms with E-state index in [2.05, 4.69) is 36.2 Å². The summed E-state index contributed by atoms with van der Waals surface area (Å²) in [6, 6.07) is 16.0. The van der Waals surface area contributed by atoms with Gasteiger partial charge in [-0.3, -0.25) is 14.7 Å². The van der Waals surface area contributed by atoms with Crippen LogP contribution in [0, 0.1) is 6.92 Å². The zero-order chi connectivity index (χ0) is 17.8. The molecule has 25 heavy (non-hydrogen) atoms. The van der Waals surface area contributed by atoms with E-state index in [4.69, 9.17) is 4.74 Å². The monoisotopic (exact) mass is 352 g/mol. The van der Waals surface area contributed by atoms with Crippen LogP contribution >= 0.6 is 11.8 Å². The fourth-order valence-electron chi connectivity index (χ4n) is 2.41. The maximum absolute atomic E-state index is 12.2. The van der Waals surface area contributed by atoms with E-state index in [1.165, 1.54) is 17.3 Å². The summed E-state index contributed by atoms with van der Waals surface area (Å²) >= 11 is 1.39. The van der Waals surface area contributed by atoms with Gasteiger partial charge in [-0.15, -0.1) is 0 Å². The normalized spacial score (nSPS) is 17.6. The molecule has 1 amide bonds. The van der Waals surface area contributed by atoms with Crippen molar-refractivity contribution in [1.29, 1.82) is 0 Å². The number of carbonyl (C=O) groups is 1. The van der Waals surface area contributed by atoms with Crippen molar-refractivity contribution in [3.63, 3.8) is 0 Å². The molecule has 1 aliphatic heterocycles. The molecule has 0 N–H and O–H groups in total. The molecule has 0 unspecified atom stereocenters. The van der Waals surface area contributed by atoms with Crippen molar-refractivity contribution in [3.05, 3.63) is 70.1 Å². The number of amidine groups is 1. The van der Waals surface area contributed by atoms with Crippen molar-refractivity contribution >= 4 is 28.9 Å². The molecule has 0 saturated carbocycles. The van der Waals surface area contributed by atoms with Crippen molar-refractivity contribution in [2.75, 3.05) is 14.1 Å². The van der Waals surface area contributed by atoms with Crippen molar-refractivity contribution in [2.24, 2.45) is 4.99 Å². The first-order valence-electron chi connectivity index (χ1n) is 7.99. The first-order valence-corrected chi connectivity index (χ1v) is 8.81. The Bertz CT molecular complexity index is 824. The molecule has 4 nitrogen and oxygen atoms in total. The first kappa shape index (κ1) is 17.3. The molecule has 2 aromatic rings. The Balaban J connectivity index is 1.65. The highest BCUT2D eigenvalue weighted by atomic mass is 32.2. The number of aryl methyl sites for hydroxylation is 1. The molecule has 1 saturated heterocycles. The minimum absolute atomic E-state index is 0.0229. The number of benzene rings is 2. The SMILES string of the molecule is CN=C1S/C(=C/c2ccc(OCc3ccc(C)cc3)cc2)C(=O)N1C. The van der Waals surface area contributed by atoms with Crippen LogP contribution in [0.4, 0.5) is 0 Å². The van der Waals surface area contributed by atoms with Crippen LogP contribution in [0.1, 0.15) is 16.7 Å².